The second-order valence-corrected chi connectivity index (χ2v) is 5.37. The van der Waals surface area contributed by atoms with Gasteiger partial charge in [-0.2, -0.15) is 15.8 Å². The first-order chi connectivity index (χ1) is 9.42. The van der Waals surface area contributed by atoms with Crippen molar-refractivity contribution in [1.29, 1.82) is 21.2 Å². The van der Waals surface area contributed by atoms with Crippen molar-refractivity contribution in [3.05, 3.63) is 0 Å². The third kappa shape index (κ3) is 1.22. The van der Waals surface area contributed by atoms with Crippen molar-refractivity contribution in [2.24, 2.45) is 16.7 Å². The monoisotopic (exact) mass is 272 g/mol. The minimum absolute atomic E-state index is 0.326. The van der Waals surface area contributed by atoms with Crippen LogP contribution in [0.1, 0.15) is 33.6 Å². The first-order valence-electron chi connectivity index (χ1n) is 6.62. The molecule has 2 aliphatic heterocycles. The molecule has 20 heavy (non-hydrogen) atoms. The molecule has 2 aliphatic rings. The molecule has 0 aromatic heterocycles. The summed E-state index contributed by atoms with van der Waals surface area (Å²) in [6.45, 7) is 5.31. The maximum Gasteiger partial charge on any atom is 0.214 e. The van der Waals surface area contributed by atoms with Crippen LogP contribution in [0.2, 0.25) is 0 Å². The zero-order chi connectivity index (χ0) is 15.2. The highest BCUT2D eigenvalue weighted by Crippen LogP contribution is 2.63. The van der Waals surface area contributed by atoms with Gasteiger partial charge in [0.2, 0.25) is 11.7 Å². The Kier molecular flexibility index (Phi) is 3.00. The molecule has 4 unspecified atom stereocenters. The van der Waals surface area contributed by atoms with E-state index < -0.39 is 28.6 Å². The number of nitrogens with one attached hydrogen (secondary N) is 1. The molecular weight excluding hydrogens is 256 g/mol. The van der Waals surface area contributed by atoms with Crippen LogP contribution >= 0.6 is 0 Å². The van der Waals surface area contributed by atoms with E-state index in [-0.39, 0.29) is 5.90 Å². The molecule has 2 rings (SSSR count). The van der Waals surface area contributed by atoms with Crippen LogP contribution in [0.15, 0.2) is 0 Å². The Hall–Kier alpha value is -2.10. The summed E-state index contributed by atoms with van der Waals surface area (Å²) >= 11 is 0. The van der Waals surface area contributed by atoms with Gasteiger partial charge in [-0.3, -0.25) is 5.41 Å². The SMILES string of the molecule is CCC1OC2(C)OC(=N)C(C#N)(C2CC)C1(C#N)C#N. The number of nitrogens with zero attached hydrogens (tertiary/aromatic N) is 3. The first kappa shape index (κ1) is 14.3. The normalized spacial score (nSPS) is 41.1. The number of nitriles is 3. The smallest absolute Gasteiger partial charge is 0.214 e. The molecule has 4 atom stereocenters. The maximum absolute atomic E-state index is 9.74. The number of fused-ring (bicyclic) bond motifs is 2. The molecular formula is C14H16N4O2. The lowest BCUT2D eigenvalue weighted by Gasteiger charge is -2.48. The summed E-state index contributed by atoms with van der Waals surface area (Å²) in [4.78, 5) is 0. The lowest BCUT2D eigenvalue weighted by molar-refractivity contribution is -0.270. The van der Waals surface area contributed by atoms with E-state index in [0.29, 0.717) is 12.8 Å². The Balaban J connectivity index is 2.81. The molecule has 6 nitrogen and oxygen atoms in total. The Bertz CT molecular complexity index is 567. The molecule has 104 valence electrons. The molecule has 2 fully saturated rings. The van der Waals surface area contributed by atoms with E-state index in [2.05, 4.69) is 6.07 Å². The summed E-state index contributed by atoms with van der Waals surface area (Å²) < 4.78 is 11.4. The second kappa shape index (κ2) is 4.20. The molecule has 0 radical (unpaired) electrons. The molecule has 0 amide bonds. The third-order valence-corrected chi connectivity index (χ3v) is 4.61. The summed E-state index contributed by atoms with van der Waals surface area (Å²) in [5.74, 6) is -1.97. The van der Waals surface area contributed by atoms with Crippen LogP contribution in [0.5, 0.6) is 0 Å². The summed E-state index contributed by atoms with van der Waals surface area (Å²) in [5, 5.41) is 37.1. The van der Waals surface area contributed by atoms with E-state index in [0.717, 1.165) is 0 Å². The summed E-state index contributed by atoms with van der Waals surface area (Å²) in [6.07, 6.45) is 0.120. The van der Waals surface area contributed by atoms with Crippen molar-refractivity contribution in [1.82, 2.24) is 0 Å². The van der Waals surface area contributed by atoms with E-state index >= 15 is 0 Å². The van der Waals surface area contributed by atoms with Gasteiger partial charge in [0.1, 0.15) is 0 Å². The van der Waals surface area contributed by atoms with Gasteiger partial charge in [-0.05, 0) is 12.8 Å². The van der Waals surface area contributed by atoms with Gasteiger partial charge >= 0.3 is 0 Å². The fraction of sp³-hybridized carbons (Fsp3) is 0.714. The van der Waals surface area contributed by atoms with Gasteiger partial charge in [-0.15, -0.1) is 0 Å². The largest absolute Gasteiger partial charge is 0.448 e. The highest BCUT2D eigenvalue weighted by Gasteiger charge is 2.78. The quantitative estimate of drug-likeness (QED) is 0.826. The Morgan fingerprint density at radius 1 is 1.15 bits per heavy atom. The predicted octanol–water partition coefficient (Wildman–Crippen LogP) is 2.09. The average molecular weight is 272 g/mol. The molecule has 0 spiro atoms. The molecule has 2 heterocycles. The van der Waals surface area contributed by atoms with E-state index in [1.807, 2.05) is 19.1 Å². The van der Waals surface area contributed by atoms with E-state index in [9.17, 15) is 15.8 Å². The van der Waals surface area contributed by atoms with E-state index in [1.165, 1.54) is 0 Å². The molecule has 2 bridgehead atoms. The molecule has 0 saturated carbocycles. The van der Waals surface area contributed by atoms with Crippen LogP contribution in [-0.4, -0.2) is 17.8 Å². The lowest BCUT2D eigenvalue weighted by atomic mass is 9.53. The Labute approximate surface area is 118 Å². The highest BCUT2D eigenvalue weighted by atomic mass is 16.7. The molecule has 6 heteroatoms. The fourth-order valence-electron chi connectivity index (χ4n) is 3.72. The van der Waals surface area contributed by atoms with Crippen molar-refractivity contribution in [3.8, 4) is 18.2 Å². The van der Waals surface area contributed by atoms with E-state index in [1.54, 1.807) is 13.8 Å². The average Bonchev–Trinajstić information content (AvgIpc) is 2.62. The van der Waals surface area contributed by atoms with Crippen molar-refractivity contribution in [3.63, 3.8) is 0 Å². The van der Waals surface area contributed by atoms with E-state index in [4.69, 9.17) is 14.9 Å². The zero-order valence-electron chi connectivity index (χ0n) is 11.7. The second-order valence-electron chi connectivity index (χ2n) is 5.37. The van der Waals surface area contributed by atoms with Gasteiger partial charge in [-0.1, -0.05) is 13.8 Å². The van der Waals surface area contributed by atoms with Gasteiger partial charge in [0, 0.05) is 6.92 Å². The number of hydrogen-bond acceptors (Lipinski definition) is 6. The van der Waals surface area contributed by atoms with Gasteiger partial charge in [0.25, 0.3) is 0 Å². The molecule has 2 saturated heterocycles. The molecule has 0 aromatic rings. The highest BCUT2D eigenvalue weighted by molar-refractivity contribution is 5.89. The third-order valence-electron chi connectivity index (χ3n) is 4.61. The first-order valence-corrected chi connectivity index (χ1v) is 6.62. The lowest BCUT2D eigenvalue weighted by Crippen LogP contribution is -2.61. The van der Waals surface area contributed by atoms with Crippen LogP contribution < -0.4 is 0 Å². The molecule has 0 aliphatic carbocycles. The van der Waals surface area contributed by atoms with Crippen molar-refractivity contribution >= 4 is 5.90 Å². The summed E-state index contributed by atoms with van der Waals surface area (Å²) in [7, 11) is 0. The number of ether oxygens (including phenoxy) is 2. The fourth-order valence-corrected chi connectivity index (χ4v) is 3.72. The van der Waals surface area contributed by atoms with Gasteiger partial charge in [0.15, 0.2) is 10.8 Å². The molecule has 1 N–H and O–H groups in total. The summed E-state index contributed by atoms with van der Waals surface area (Å²) in [6, 6.07) is 6.01. The number of rotatable bonds is 2. The standard InChI is InChI=1S/C14H16N4O2/c1-4-9-12(3)19-10(5-2)13(6-15,7-16)14(9,8-17)11(18)20-12/h9-10,18H,4-5H2,1-3H3. The van der Waals surface area contributed by atoms with Crippen LogP contribution in [0.3, 0.4) is 0 Å². The summed E-state index contributed by atoms with van der Waals surface area (Å²) in [5.41, 5.74) is -3.29. The topological polar surface area (TPSA) is 114 Å². The van der Waals surface area contributed by atoms with Crippen molar-refractivity contribution < 1.29 is 9.47 Å². The zero-order valence-corrected chi connectivity index (χ0v) is 11.7. The van der Waals surface area contributed by atoms with Crippen LogP contribution in [0.25, 0.3) is 0 Å². The Morgan fingerprint density at radius 3 is 2.15 bits per heavy atom. The van der Waals surface area contributed by atoms with Gasteiger partial charge < -0.3 is 9.47 Å². The minimum Gasteiger partial charge on any atom is -0.448 e. The van der Waals surface area contributed by atoms with Gasteiger partial charge in [-0.25, -0.2) is 0 Å². The van der Waals surface area contributed by atoms with Crippen molar-refractivity contribution in [2.75, 3.05) is 0 Å². The number of hydrogen-bond donors (Lipinski definition) is 1. The van der Waals surface area contributed by atoms with Crippen LogP contribution in [0.4, 0.5) is 0 Å². The maximum atomic E-state index is 9.74. The van der Waals surface area contributed by atoms with Gasteiger partial charge in [0.05, 0.1) is 30.2 Å². The van der Waals surface area contributed by atoms with Crippen molar-refractivity contribution in [2.45, 2.75) is 45.5 Å². The molecule has 0 aromatic carbocycles. The van der Waals surface area contributed by atoms with Crippen LogP contribution in [-0.2, 0) is 9.47 Å². The minimum atomic E-state index is -1.72. The van der Waals surface area contributed by atoms with Crippen LogP contribution in [0, 0.1) is 56.2 Å². The Morgan fingerprint density at radius 2 is 1.75 bits per heavy atom. The predicted molar refractivity (Wildman–Crippen MR) is 67.9 cm³/mol.